The lowest BCUT2D eigenvalue weighted by Crippen LogP contribution is -2.53. The van der Waals surface area contributed by atoms with Crippen LogP contribution in [0, 0.1) is 0 Å². The summed E-state index contributed by atoms with van der Waals surface area (Å²) in [6, 6.07) is 0.385. The van der Waals surface area contributed by atoms with Gasteiger partial charge in [-0.1, -0.05) is 19.8 Å². The number of nitrogens with zero attached hydrogens (tertiary/aromatic N) is 1. The van der Waals surface area contributed by atoms with Crippen LogP contribution in [0.25, 0.3) is 0 Å². The molecule has 1 aliphatic heterocycles. The fourth-order valence-corrected chi connectivity index (χ4v) is 4.91. The molecule has 0 spiro atoms. The number of nitrogens with one attached hydrogen (secondary N) is 1. The molecule has 1 aromatic rings. The number of halogens is 1. The Balaban J connectivity index is 2.22. The van der Waals surface area contributed by atoms with Gasteiger partial charge in [0.2, 0.25) is 0 Å². The minimum absolute atomic E-state index is 0.142. The maximum absolute atomic E-state index is 3.81. The molecule has 1 unspecified atom stereocenters. The van der Waals surface area contributed by atoms with E-state index in [9.17, 15) is 0 Å². The first-order valence-corrected chi connectivity index (χ1v) is 10.0. The third-order valence-electron chi connectivity index (χ3n) is 4.68. The van der Waals surface area contributed by atoms with E-state index < -0.39 is 0 Å². The number of hydrogen-bond acceptors (Lipinski definition) is 3. The summed E-state index contributed by atoms with van der Waals surface area (Å²) < 4.78 is 1.25. The van der Waals surface area contributed by atoms with Crippen molar-refractivity contribution >= 4 is 27.3 Å². The molecule has 1 N–H and O–H groups in total. The highest BCUT2D eigenvalue weighted by molar-refractivity contribution is 9.10. The van der Waals surface area contributed by atoms with Gasteiger partial charge in [-0.3, -0.25) is 4.90 Å². The van der Waals surface area contributed by atoms with Crippen molar-refractivity contribution in [2.24, 2.45) is 0 Å². The van der Waals surface area contributed by atoms with E-state index >= 15 is 0 Å². The molecule has 120 valence electrons. The molecule has 1 atom stereocenters. The second-order valence-electron chi connectivity index (χ2n) is 6.62. The molecular weight excluding hydrogens is 344 g/mol. The summed E-state index contributed by atoms with van der Waals surface area (Å²) in [6.45, 7) is 10.6. The van der Waals surface area contributed by atoms with Crippen LogP contribution in [0.5, 0.6) is 0 Å². The van der Waals surface area contributed by atoms with E-state index in [0.29, 0.717) is 6.04 Å². The molecule has 0 radical (unpaired) electrons. The summed E-state index contributed by atoms with van der Waals surface area (Å²) >= 11 is 5.53. The molecule has 0 aromatic carbocycles. The highest BCUT2D eigenvalue weighted by atomic mass is 79.9. The van der Waals surface area contributed by atoms with Gasteiger partial charge in [-0.05, 0) is 79.6 Å². The zero-order valence-corrected chi connectivity index (χ0v) is 16.0. The van der Waals surface area contributed by atoms with Gasteiger partial charge >= 0.3 is 0 Å². The first-order valence-electron chi connectivity index (χ1n) is 8.27. The average Bonchev–Trinajstić information content (AvgIpc) is 2.71. The van der Waals surface area contributed by atoms with Crippen LogP contribution >= 0.6 is 27.3 Å². The Hall–Kier alpha value is 0.1000. The lowest BCUT2D eigenvalue weighted by Gasteiger charge is -2.44. The first-order chi connectivity index (χ1) is 10.1. The largest absolute Gasteiger partial charge is 0.308 e. The van der Waals surface area contributed by atoms with E-state index in [4.69, 9.17) is 0 Å². The lowest BCUT2D eigenvalue weighted by molar-refractivity contribution is 0.0833. The molecule has 21 heavy (non-hydrogen) atoms. The second-order valence-corrected chi connectivity index (χ2v) is 8.22. The summed E-state index contributed by atoms with van der Waals surface area (Å²) in [7, 11) is 0. The van der Waals surface area contributed by atoms with Crippen molar-refractivity contribution in [2.75, 3.05) is 19.6 Å². The Bertz CT molecular complexity index is 422. The summed E-state index contributed by atoms with van der Waals surface area (Å²) in [5, 5.41) is 8.31. The van der Waals surface area contributed by atoms with Crippen LogP contribution in [-0.2, 0) is 0 Å². The van der Waals surface area contributed by atoms with Crippen molar-refractivity contribution in [1.82, 2.24) is 10.2 Å². The average molecular weight is 373 g/mol. The minimum Gasteiger partial charge on any atom is -0.308 e. The zero-order valence-electron chi connectivity index (χ0n) is 13.6. The summed E-state index contributed by atoms with van der Waals surface area (Å²) in [4.78, 5) is 2.71. The van der Waals surface area contributed by atoms with Gasteiger partial charge in [-0.2, -0.15) is 11.3 Å². The molecule has 4 heteroatoms. The Morgan fingerprint density at radius 1 is 1.24 bits per heavy atom. The summed E-state index contributed by atoms with van der Waals surface area (Å²) in [5.74, 6) is 0. The van der Waals surface area contributed by atoms with Gasteiger partial charge in [-0.25, -0.2) is 0 Å². The SMILES string of the molecule is CCCNC(c1cscc1Br)C(C)(C)N1CCCCCC1. The van der Waals surface area contributed by atoms with Gasteiger partial charge in [0.25, 0.3) is 0 Å². The van der Waals surface area contributed by atoms with E-state index in [2.05, 4.69) is 57.7 Å². The van der Waals surface area contributed by atoms with Crippen molar-refractivity contribution < 1.29 is 0 Å². The number of rotatable bonds is 6. The van der Waals surface area contributed by atoms with Gasteiger partial charge in [0, 0.05) is 15.4 Å². The van der Waals surface area contributed by atoms with Crippen LogP contribution in [0.15, 0.2) is 15.2 Å². The van der Waals surface area contributed by atoms with Gasteiger partial charge < -0.3 is 5.32 Å². The summed E-state index contributed by atoms with van der Waals surface area (Å²) in [6.07, 6.45) is 6.64. The molecule has 0 aliphatic carbocycles. The van der Waals surface area contributed by atoms with Crippen LogP contribution < -0.4 is 5.32 Å². The van der Waals surface area contributed by atoms with Crippen molar-refractivity contribution in [1.29, 1.82) is 0 Å². The first kappa shape index (κ1) is 17.5. The lowest BCUT2D eigenvalue weighted by atomic mass is 9.87. The standard InChI is InChI=1S/C17H29BrN2S/c1-4-9-19-16(14-12-21-13-15(14)18)17(2,3)20-10-7-5-6-8-11-20/h12-13,16,19H,4-11H2,1-3H3. The highest BCUT2D eigenvalue weighted by Gasteiger charge is 2.37. The van der Waals surface area contributed by atoms with Gasteiger partial charge in [0.15, 0.2) is 0 Å². The van der Waals surface area contributed by atoms with Crippen LogP contribution in [0.1, 0.15) is 64.5 Å². The molecule has 2 nitrogen and oxygen atoms in total. The maximum Gasteiger partial charge on any atom is 0.0521 e. The van der Waals surface area contributed by atoms with Crippen molar-refractivity contribution in [3.63, 3.8) is 0 Å². The van der Waals surface area contributed by atoms with Crippen molar-refractivity contribution in [3.05, 3.63) is 20.8 Å². The molecule has 0 amide bonds. The number of hydrogen-bond donors (Lipinski definition) is 1. The van der Waals surface area contributed by atoms with Crippen LogP contribution in [0.4, 0.5) is 0 Å². The topological polar surface area (TPSA) is 15.3 Å². The van der Waals surface area contributed by atoms with Gasteiger partial charge in [-0.15, -0.1) is 0 Å². The molecule has 1 saturated heterocycles. The Kier molecular flexibility index (Phi) is 6.73. The van der Waals surface area contributed by atoms with E-state index in [0.717, 1.165) is 6.54 Å². The van der Waals surface area contributed by atoms with Crippen molar-refractivity contribution in [2.45, 2.75) is 64.5 Å². The zero-order chi connectivity index (χ0) is 15.3. The molecule has 0 bridgehead atoms. The number of likely N-dealkylation sites (tertiary alicyclic amines) is 1. The smallest absolute Gasteiger partial charge is 0.0521 e. The van der Waals surface area contributed by atoms with Crippen molar-refractivity contribution in [3.8, 4) is 0 Å². The Morgan fingerprint density at radius 2 is 1.90 bits per heavy atom. The van der Waals surface area contributed by atoms with E-state index in [-0.39, 0.29) is 5.54 Å². The quantitative estimate of drug-likeness (QED) is 0.737. The van der Waals surface area contributed by atoms with Gasteiger partial charge in [0.1, 0.15) is 0 Å². The molecule has 2 heterocycles. The Morgan fingerprint density at radius 3 is 2.43 bits per heavy atom. The molecule has 1 fully saturated rings. The number of thiophene rings is 1. The molecule has 1 aliphatic rings. The predicted molar refractivity (Wildman–Crippen MR) is 97.2 cm³/mol. The third kappa shape index (κ3) is 4.31. The van der Waals surface area contributed by atoms with Gasteiger partial charge in [0.05, 0.1) is 6.04 Å². The van der Waals surface area contributed by atoms with Crippen LogP contribution in [-0.4, -0.2) is 30.1 Å². The highest BCUT2D eigenvalue weighted by Crippen LogP contribution is 2.37. The molecule has 0 saturated carbocycles. The third-order valence-corrected chi connectivity index (χ3v) is 6.43. The fourth-order valence-electron chi connectivity index (χ4n) is 3.36. The molecular formula is C17H29BrN2S. The normalized spacial score (nSPS) is 19.4. The minimum atomic E-state index is 0.142. The molecule has 2 rings (SSSR count). The summed E-state index contributed by atoms with van der Waals surface area (Å²) in [5.41, 5.74) is 1.56. The predicted octanol–water partition coefficient (Wildman–Crippen LogP) is 5.21. The van der Waals surface area contributed by atoms with E-state index in [1.54, 1.807) is 11.3 Å². The van der Waals surface area contributed by atoms with E-state index in [1.165, 1.54) is 55.2 Å². The fraction of sp³-hybridized carbons (Fsp3) is 0.765. The van der Waals surface area contributed by atoms with Crippen LogP contribution in [0.3, 0.4) is 0 Å². The van der Waals surface area contributed by atoms with E-state index in [1.807, 2.05) is 0 Å². The molecule has 1 aromatic heterocycles. The maximum atomic E-state index is 3.81. The second kappa shape index (κ2) is 8.09. The van der Waals surface area contributed by atoms with Crippen LogP contribution in [0.2, 0.25) is 0 Å². The Labute approximate surface area is 142 Å². The monoisotopic (exact) mass is 372 g/mol.